The number of hydrogen-bond donors (Lipinski definition) is 0. The molecule has 0 unspecified atom stereocenters. The second-order valence-corrected chi connectivity index (χ2v) is 6.39. The fraction of sp³-hybridized carbons (Fsp3) is 0.846. The molecule has 0 bridgehead atoms. The summed E-state index contributed by atoms with van der Waals surface area (Å²) in [5.74, 6) is -0.994. The molecule has 0 radical (unpaired) electrons. The van der Waals surface area contributed by atoms with Gasteiger partial charge in [0, 0.05) is 24.5 Å². The van der Waals surface area contributed by atoms with Crippen LogP contribution in [0.5, 0.6) is 0 Å². The topological polar surface area (TPSA) is 69.7 Å². The SMILES string of the molecule is CC(C)(C)OC(=O)N1C[C@@H]2CCC[C@]2(C(=O)[O-])C1. The zero-order chi connectivity index (χ0) is 13.6. The third kappa shape index (κ3) is 2.18. The highest BCUT2D eigenvalue weighted by atomic mass is 16.6. The van der Waals surface area contributed by atoms with E-state index in [9.17, 15) is 14.7 Å². The number of carboxylic acid groups (broad SMARTS) is 1. The Labute approximate surface area is 107 Å². The van der Waals surface area contributed by atoms with Gasteiger partial charge in [-0.1, -0.05) is 6.42 Å². The van der Waals surface area contributed by atoms with E-state index >= 15 is 0 Å². The van der Waals surface area contributed by atoms with Crippen LogP contribution in [0, 0.1) is 11.3 Å². The molecular formula is C13H20NO4-. The first kappa shape index (κ1) is 13.2. The van der Waals surface area contributed by atoms with Crippen molar-refractivity contribution in [3.63, 3.8) is 0 Å². The summed E-state index contributed by atoms with van der Waals surface area (Å²) in [7, 11) is 0. The van der Waals surface area contributed by atoms with Crippen molar-refractivity contribution in [3.8, 4) is 0 Å². The van der Waals surface area contributed by atoms with Crippen LogP contribution >= 0.6 is 0 Å². The average molecular weight is 254 g/mol. The standard InChI is InChI=1S/C13H21NO4/c1-12(2,3)18-11(17)14-7-9-5-4-6-13(9,8-14)10(15)16/h9H,4-8H2,1-3H3,(H,15,16)/p-1/t9-,13-/m0/s1. The van der Waals surface area contributed by atoms with Crippen LogP contribution in [0.1, 0.15) is 40.0 Å². The van der Waals surface area contributed by atoms with Crippen LogP contribution in [0.2, 0.25) is 0 Å². The van der Waals surface area contributed by atoms with Crippen LogP contribution in [0.25, 0.3) is 0 Å². The van der Waals surface area contributed by atoms with Crippen LogP contribution < -0.4 is 5.11 Å². The first-order valence-corrected chi connectivity index (χ1v) is 6.44. The average Bonchev–Trinajstić information content (AvgIpc) is 2.69. The second kappa shape index (κ2) is 4.14. The summed E-state index contributed by atoms with van der Waals surface area (Å²) >= 11 is 0. The van der Waals surface area contributed by atoms with Crippen molar-refractivity contribution in [1.82, 2.24) is 4.90 Å². The molecule has 0 spiro atoms. The van der Waals surface area contributed by atoms with E-state index in [1.54, 1.807) is 20.8 Å². The summed E-state index contributed by atoms with van der Waals surface area (Å²) in [5, 5.41) is 11.4. The van der Waals surface area contributed by atoms with Crippen molar-refractivity contribution in [2.24, 2.45) is 11.3 Å². The Morgan fingerprint density at radius 3 is 2.56 bits per heavy atom. The van der Waals surface area contributed by atoms with Crippen molar-refractivity contribution in [3.05, 3.63) is 0 Å². The highest BCUT2D eigenvalue weighted by Crippen LogP contribution is 2.48. The molecule has 0 aromatic rings. The first-order chi connectivity index (χ1) is 8.24. The largest absolute Gasteiger partial charge is 0.549 e. The Morgan fingerprint density at radius 2 is 2.06 bits per heavy atom. The number of rotatable bonds is 1. The Hall–Kier alpha value is -1.26. The molecule has 2 atom stereocenters. The van der Waals surface area contributed by atoms with Crippen LogP contribution in [-0.2, 0) is 9.53 Å². The zero-order valence-corrected chi connectivity index (χ0v) is 11.2. The Kier molecular flexibility index (Phi) is 3.03. The molecule has 0 aromatic heterocycles. The van der Waals surface area contributed by atoms with Crippen molar-refractivity contribution in [2.45, 2.75) is 45.6 Å². The maximum Gasteiger partial charge on any atom is 0.410 e. The number of carbonyl (C=O) groups excluding carboxylic acids is 2. The summed E-state index contributed by atoms with van der Waals surface area (Å²) in [6.07, 6.45) is 1.95. The van der Waals surface area contributed by atoms with Gasteiger partial charge in [-0.3, -0.25) is 0 Å². The van der Waals surface area contributed by atoms with E-state index < -0.39 is 23.1 Å². The number of hydrogen-bond acceptors (Lipinski definition) is 4. The molecule has 1 amide bonds. The molecule has 0 N–H and O–H groups in total. The minimum atomic E-state index is -1.02. The fourth-order valence-electron chi connectivity index (χ4n) is 3.09. The maximum atomic E-state index is 11.9. The lowest BCUT2D eigenvalue weighted by atomic mass is 9.81. The third-order valence-corrected chi connectivity index (χ3v) is 3.93. The molecule has 18 heavy (non-hydrogen) atoms. The predicted octanol–water partition coefficient (Wildman–Crippen LogP) is 0.773. The van der Waals surface area contributed by atoms with Gasteiger partial charge in [0.15, 0.2) is 0 Å². The smallest absolute Gasteiger partial charge is 0.410 e. The molecule has 1 saturated heterocycles. The first-order valence-electron chi connectivity index (χ1n) is 6.44. The molecule has 2 fully saturated rings. The van der Waals surface area contributed by atoms with Gasteiger partial charge in [-0.15, -0.1) is 0 Å². The Morgan fingerprint density at radius 1 is 1.39 bits per heavy atom. The lowest BCUT2D eigenvalue weighted by Gasteiger charge is -2.30. The normalized spacial score (nSPS) is 31.3. The van der Waals surface area contributed by atoms with Gasteiger partial charge < -0.3 is 19.5 Å². The van der Waals surface area contributed by atoms with E-state index in [4.69, 9.17) is 4.74 Å². The van der Waals surface area contributed by atoms with Crippen LogP contribution in [0.4, 0.5) is 4.79 Å². The van der Waals surface area contributed by atoms with E-state index in [-0.39, 0.29) is 12.5 Å². The van der Waals surface area contributed by atoms with Gasteiger partial charge in [-0.05, 0) is 39.5 Å². The van der Waals surface area contributed by atoms with Crippen molar-refractivity contribution in [2.75, 3.05) is 13.1 Å². The van der Waals surface area contributed by atoms with Crippen LogP contribution in [0.3, 0.4) is 0 Å². The molecule has 2 rings (SSSR count). The van der Waals surface area contributed by atoms with Gasteiger partial charge in [-0.2, -0.15) is 0 Å². The molecule has 1 aliphatic heterocycles. The zero-order valence-electron chi connectivity index (χ0n) is 11.2. The maximum absolute atomic E-state index is 11.9. The molecule has 1 aliphatic carbocycles. The minimum absolute atomic E-state index is 0.0232. The molecule has 5 heteroatoms. The number of carbonyl (C=O) groups is 2. The highest BCUT2D eigenvalue weighted by molar-refractivity contribution is 5.77. The molecule has 2 aliphatic rings. The summed E-state index contributed by atoms with van der Waals surface area (Å²) in [5.41, 5.74) is -1.39. The van der Waals surface area contributed by atoms with Gasteiger partial charge >= 0.3 is 6.09 Å². The second-order valence-electron chi connectivity index (χ2n) is 6.39. The number of carboxylic acids is 1. The van der Waals surface area contributed by atoms with E-state index in [0.717, 1.165) is 12.8 Å². The van der Waals surface area contributed by atoms with Gasteiger partial charge in [0.25, 0.3) is 0 Å². The highest BCUT2D eigenvalue weighted by Gasteiger charge is 2.52. The molecule has 1 heterocycles. The minimum Gasteiger partial charge on any atom is -0.549 e. The number of likely N-dealkylation sites (tertiary alicyclic amines) is 1. The summed E-state index contributed by atoms with van der Waals surface area (Å²) in [6.45, 7) is 6.11. The molecule has 5 nitrogen and oxygen atoms in total. The molecular weight excluding hydrogens is 234 g/mol. The number of amides is 1. The monoisotopic (exact) mass is 254 g/mol. The van der Waals surface area contributed by atoms with E-state index in [1.807, 2.05) is 0 Å². The number of nitrogens with zero attached hydrogens (tertiary/aromatic N) is 1. The van der Waals surface area contributed by atoms with E-state index in [1.165, 1.54) is 4.90 Å². The van der Waals surface area contributed by atoms with E-state index in [0.29, 0.717) is 13.0 Å². The van der Waals surface area contributed by atoms with Crippen molar-refractivity contribution in [1.29, 1.82) is 0 Å². The lowest BCUT2D eigenvalue weighted by Crippen LogP contribution is -2.46. The Balaban J connectivity index is 2.08. The molecule has 0 aromatic carbocycles. The summed E-state index contributed by atoms with van der Waals surface area (Å²) in [6, 6.07) is 0. The van der Waals surface area contributed by atoms with Gasteiger partial charge in [-0.25, -0.2) is 4.79 Å². The predicted molar refractivity (Wildman–Crippen MR) is 62.6 cm³/mol. The third-order valence-electron chi connectivity index (χ3n) is 3.93. The summed E-state index contributed by atoms with van der Waals surface area (Å²) in [4.78, 5) is 24.8. The molecule has 1 saturated carbocycles. The van der Waals surface area contributed by atoms with Crippen molar-refractivity contribution < 1.29 is 19.4 Å². The Bertz CT molecular complexity index is 374. The van der Waals surface area contributed by atoms with Crippen LogP contribution in [0.15, 0.2) is 0 Å². The summed E-state index contributed by atoms with van der Waals surface area (Å²) < 4.78 is 5.29. The van der Waals surface area contributed by atoms with Gasteiger partial charge in [0.2, 0.25) is 0 Å². The lowest BCUT2D eigenvalue weighted by molar-refractivity contribution is -0.319. The van der Waals surface area contributed by atoms with E-state index in [2.05, 4.69) is 0 Å². The number of aliphatic carboxylic acids is 1. The fourth-order valence-corrected chi connectivity index (χ4v) is 3.09. The van der Waals surface area contributed by atoms with Crippen molar-refractivity contribution >= 4 is 12.1 Å². The quantitative estimate of drug-likeness (QED) is 0.693. The van der Waals surface area contributed by atoms with Gasteiger partial charge in [0.05, 0.1) is 0 Å². The number of fused-ring (bicyclic) bond motifs is 1. The van der Waals surface area contributed by atoms with Gasteiger partial charge in [0.1, 0.15) is 5.60 Å². The number of ether oxygens (including phenoxy) is 1. The molecule has 102 valence electrons. The van der Waals surface area contributed by atoms with Crippen LogP contribution in [-0.4, -0.2) is 35.7 Å².